The van der Waals surface area contributed by atoms with E-state index in [4.69, 9.17) is 4.74 Å². The lowest BCUT2D eigenvalue weighted by molar-refractivity contribution is -0.143. The van der Waals surface area contributed by atoms with E-state index in [0.29, 0.717) is 5.56 Å². The Balaban J connectivity index is 1.72. The quantitative estimate of drug-likeness (QED) is 0.599. The van der Waals surface area contributed by atoms with E-state index in [0.717, 1.165) is 8.66 Å². The molecule has 0 fully saturated rings. The first-order valence-electron chi connectivity index (χ1n) is 6.65. The maximum atomic E-state index is 13.4. The average molecular weight is 398 g/mol. The number of hydrogen-bond donors (Lipinski definition) is 1. The van der Waals surface area contributed by atoms with Gasteiger partial charge in [-0.1, -0.05) is 18.2 Å². The third-order valence-corrected chi connectivity index (χ3v) is 4.35. The molecule has 0 bridgehead atoms. The number of benzene rings is 1. The van der Waals surface area contributed by atoms with Gasteiger partial charge in [0.1, 0.15) is 5.82 Å². The van der Waals surface area contributed by atoms with Gasteiger partial charge in [0.15, 0.2) is 6.61 Å². The molecule has 0 aliphatic heterocycles. The SMILES string of the molecule is O=C(COC(=O)/C=C/c1ccc(Br)s1)NCc1ccccc1F. The van der Waals surface area contributed by atoms with Gasteiger partial charge in [0.25, 0.3) is 5.91 Å². The van der Waals surface area contributed by atoms with Gasteiger partial charge in [-0.05, 0) is 40.2 Å². The topological polar surface area (TPSA) is 55.4 Å². The van der Waals surface area contributed by atoms with Gasteiger partial charge in [0.2, 0.25) is 0 Å². The van der Waals surface area contributed by atoms with Crippen LogP contribution in [0.1, 0.15) is 10.4 Å². The van der Waals surface area contributed by atoms with Crippen LogP contribution < -0.4 is 5.32 Å². The predicted molar refractivity (Wildman–Crippen MR) is 90.3 cm³/mol. The van der Waals surface area contributed by atoms with E-state index in [-0.39, 0.29) is 6.54 Å². The van der Waals surface area contributed by atoms with E-state index >= 15 is 0 Å². The highest BCUT2D eigenvalue weighted by Crippen LogP contribution is 2.22. The number of nitrogens with one attached hydrogen (secondary N) is 1. The van der Waals surface area contributed by atoms with E-state index in [1.54, 1.807) is 24.3 Å². The van der Waals surface area contributed by atoms with Crippen LogP contribution in [0.4, 0.5) is 4.39 Å². The van der Waals surface area contributed by atoms with Crippen LogP contribution in [-0.4, -0.2) is 18.5 Å². The highest BCUT2D eigenvalue weighted by molar-refractivity contribution is 9.11. The lowest BCUT2D eigenvalue weighted by Crippen LogP contribution is -2.28. The second-order valence-corrected chi connectivity index (χ2v) is 6.95. The van der Waals surface area contributed by atoms with Gasteiger partial charge in [-0.3, -0.25) is 4.79 Å². The van der Waals surface area contributed by atoms with Crippen molar-refractivity contribution in [3.63, 3.8) is 0 Å². The maximum absolute atomic E-state index is 13.4. The molecule has 0 saturated carbocycles. The number of rotatable bonds is 6. The highest BCUT2D eigenvalue weighted by Gasteiger charge is 2.07. The Morgan fingerprint density at radius 2 is 2.04 bits per heavy atom. The molecule has 1 aromatic carbocycles. The fourth-order valence-corrected chi connectivity index (χ4v) is 2.97. The van der Waals surface area contributed by atoms with E-state index in [1.807, 2.05) is 12.1 Å². The molecule has 7 heteroatoms. The summed E-state index contributed by atoms with van der Waals surface area (Å²) in [6.07, 6.45) is 2.86. The van der Waals surface area contributed by atoms with Gasteiger partial charge >= 0.3 is 5.97 Å². The summed E-state index contributed by atoms with van der Waals surface area (Å²) >= 11 is 4.79. The largest absolute Gasteiger partial charge is 0.452 e. The number of carbonyl (C=O) groups excluding carboxylic acids is 2. The van der Waals surface area contributed by atoms with Crippen molar-refractivity contribution < 1.29 is 18.7 Å². The molecular formula is C16H13BrFNO3S. The van der Waals surface area contributed by atoms with Crippen LogP contribution in [0.3, 0.4) is 0 Å². The molecule has 0 aliphatic carbocycles. The first-order valence-corrected chi connectivity index (χ1v) is 8.26. The van der Waals surface area contributed by atoms with Crippen LogP contribution in [0.5, 0.6) is 0 Å². The zero-order chi connectivity index (χ0) is 16.7. The van der Waals surface area contributed by atoms with Crippen LogP contribution in [0.25, 0.3) is 6.08 Å². The minimum Gasteiger partial charge on any atom is -0.452 e. The Labute approximate surface area is 145 Å². The smallest absolute Gasteiger partial charge is 0.331 e. The van der Waals surface area contributed by atoms with Gasteiger partial charge in [-0.25, -0.2) is 9.18 Å². The van der Waals surface area contributed by atoms with Crippen molar-refractivity contribution in [1.82, 2.24) is 5.32 Å². The number of thiophene rings is 1. The minimum atomic E-state index is -0.615. The van der Waals surface area contributed by atoms with Crippen molar-refractivity contribution in [2.45, 2.75) is 6.54 Å². The van der Waals surface area contributed by atoms with Crippen molar-refractivity contribution in [3.05, 3.63) is 62.5 Å². The van der Waals surface area contributed by atoms with Crippen molar-refractivity contribution in [1.29, 1.82) is 0 Å². The fraction of sp³-hybridized carbons (Fsp3) is 0.125. The molecule has 0 radical (unpaired) electrons. The van der Waals surface area contributed by atoms with Crippen LogP contribution in [0.2, 0.25) is 0 Å². The van der Waals surface area contributed by atoms with E-state index in [9.17, 15) is 14.0 Å². The molecule has 0 atom stereocenters. The van der Waals surface area contributed by atoms with E-state index in [1.165, 1.54) is 23.5 Å². The van der Waals surface area contributed by atoms with Crippen molar-refractivity contribution in [3.8, 4) is 0 Å². The zero-order valence-corrected chi connectivity index (χ0v) is 14.3. The normalized spacial score (nSPS) is 10.7. The van der Waals surface area contributed by atoms with Gasteiger partial charge in [-0.2, -0.15) is 0 Å². The van der Waals surface area contributed by atoms with Gasteiger partial charge in [0, 0.05) is 23.1 Å². The van der Waals surface area contributed by atoms with Crippen LogP contribution in [0.15, 0.2) is 46.3 Å². The Morgan fingerprint density at radius 1 is 1.26 bits per heavy atom. The summed E-state index contributed by atoms with van der Waals surface area (Å²) in [5.74, 6) is -1.50. The number of ether oxygens (including phenoxy) is 1. The Bertz CT molecular complexity index is 730. The van der Waals surface area contributed by atoms with Gasteiger partial charge in [0.05, 0.1) is 3.79 Å². The summed E-state index contributed by atoms with van der Waals surface area (Å²) in [5, 5.41) is 2.49. The van der Waals surface area contributed by atoms with E-state index in [2.05, 4.69) is 21.2 Å². The molecule has 1 N–H and O–H groups in total. The Kier molecular flexibility index (Phi) is 6.49. The summed E-state index contributed by atoms with van der Waals surface area (Å²) in [5.41, 5.74) is 0.371. The van der Waals surface area contributed by atoms with Gasteiger partial charge < -0.3 is 10.1 Å². The molecule has 0 saturated heterocycles. The molecule has 0 unspecified atom stereocenters. The standard InChI is InChI=1S/C16H13BrFNO3S/c17-14-7-5-12(23-14)6-8-16(21)22-10-15(20)19-9-11-3-1-2-4-13(11)18/h1-8H,9-10H2,(H,19,20)/b8-6+. The number of halogens is 2. The summed E-state index contributed by atoms with van der Waals surface area (Å²) < 4.78 is 19.1. The minimum absolute atomic E-state index is 0.0438. The van der Waals surface area contributed by atoms with Crippen molar-refractivity contribution in [2.24, 2.45) is 0 Å². The molecule has 1 heterocycles. The lowest BCUT2D eigenvalue weighted by atomic mass is 10.2. The lowest BCUT2D eigenvalue weighted by Gasteiger charge is -2.06. The third kappa shape index (κ3) is 5.96. The fourth-order valence-electron chi connectivity index (χ4n) is 1.64. The Morgan fingerprint density at radius 3 is 2.74 bits per heavy atom. The third-order valence-electron chi connectivity index (χ3n) is 2.76. The van der Waals surface area contributed by atoms with Crippen LogP contribution >= 0.6 is 27.3 Å². The Hall–Kier alpha value is -1.99. The molecule has 2 aromatic rings. The van der Waals surface area contributed by atoms with Crippen molar-refractivity contribution in [2.75, 3.05) is 6.61 Å². The molecule has 0 aliphatic rings. The molecule has 0 spiro atoms. The summed E-state index contributed by atoms with van der Waals surface area (Å²) in [6.45, 7) is -0.367. The van der Waals surface area contributed by atoms with Crippen LogP contribution in [0, 0.1) is 5.82 Å². The molecule has 1 amide bonds. The number of amides is 1. The monoisotopic (exact) mass is 397 g/mol. The first-order chi connectivity index (χ1) is 11.0. The van der Waals surface area contributed by atoms with Crippen LogP contribution in [-0.2, 0) is 20.9 Å². The van der Waals surface area contributed by atoms with Gasteiger partial charge in [-0.15, -0.1) is 11.3 Å². The molecular weight excluding hydrogens is 385 g/mol. The molecule has 4 nitrogen and oxygen atoms in total. The number of carbonyl (C=O) groups is 2. The summed E-state index contributed by atoms with van der Waals surface area (Å²) in [7, 11) is 0. The predicted octanol–water partition coefficient (Wildman–Crippen LogP) is 3.52. The number of hydrogen-bond acceptors (Lipinski definition) is 4. The van der Waals surface area contributed by atoms with Crippen molar-refractivity contribution >= 4 is 45.2 Å². The molecule has 120 valence electrons. The second-order valence-electron chi connectivity index (χ2n) is 4.45. The summed E-state index contributed by atoms with van der Waals surface area (Å²) in [4.78, 5) is 24.0. The highest BCUT2D eigenvalue weighted by atomic mass is 79.9. The maximum Gasteiger partial charge on any atom is 0.331 e. The zero-order valence-electron chi connectivity index (χ0n) is 11.9. The molecule has 23 heavy (non-hydrogen) atoms. The number of esters is 1. The average Bonchev–Trinajstić information content (AvgIpc) is 2.95. The molecule has 1 aromatic heterocycles. The molecule has 2 rings (SSSR count). The second kappa shape index (κ2) is 8.59. The summed E-state index contributed by atoms with van der Waals surface area (Å²) in [6, 6.07) is 9.85. The first kappa shape index (κ1) is 17.4. The van der Waals surface area contributed by atoms with E-state index < -0.39 is 24.3 Å².